The summed E-state index contributed by atoms with van der Waals surface area (Å²) in [6, 6.07) is 6.97. The molecule has 21 heavy (non-hydrogen) atoms. The topological polar surface area (TPSA) is 48.3 Å². The number of halogens is 3. The maximum Gasteiger partial charge on any atom is 0.165 e. The van der Waals surface area contributed by atoms with Crippen LogP contribution < -0.4 is 10.1 Å². The number of nitrogens with zero attached hydrogens (tertiary/aromatic N) is 2. The molecule has 1 fully saturated rings. The number of methoxy groups -OCH3 is 1. The van der Waals surface area contributed by atoms with Gasteiger partial charge in [0, 0.05) is 31.7 Å². The van der Waals surface area contributed by atoms with Gasteiger partial charge in [0.15, 0.2) is 11.6 Å². The molecule has 0 radical (unpaired) electrons. The fourth-order valence-electron chi connectivity index (χ4n) is 2.52. The van der Waals surface area contributed by atoms with Crippen molar-refractivity contribution < 1.29 is 9.13 Å². The van der Waals surface area contributed by atoms with Crippen LogP contribution in [0.1, 0.15) is 18.0 Å². The highest BCUT2D eigenvalue weighted by Gasteiger charge is 2.25. The monoisotopic (exact) mass is 335 g/mol. The summed E-state index contributed by atoms with van der Waals surface area (Å²) in [5.41, 5.74) is 0.756. The van der Waals surface area contributed by atoms with Gasteiger partial charge in [-0.3, -0.25) is 4.90 Å². The van der Waals surface area contributed by atoms with Gasteiger partial charge in [-0.2, -0.15) is 5.26 Å². The molecule has 1 aromatic rings. The van der Waals surface area contributed by atoms with E-state index < -0.39 is 0 Å². The molecular weight excluding hydrogens is 316 g/mol. The van der Waals surface area contributed by atoms with Crippen molar-refractivity contribution in [2.24, 2.45) is 0 Å². The van der Waals surface area contributed by atoms with E-state index in [-0.39, 0.29) is 42.4 Å². The largest absolute Gasteiger partial charge is 0.493 e. The minimum atomic E-state index is -0.377. The Morgan fingerprint density at radius 3 is 2.62 bits per heavy atom. The van der Waals surface area contributed by atoms with Crippen molar-refractivity contribution >= 4 is 24.8 Å². The van der Waals surface area contributed by atoms with Crippen LogP contribution in [0.2, 0.25) is 0 Å². The van der Waals surface area contributed by atoms with Crippen molar-refractivity contribution in [2.45, 2.75) is 12.5 Å². The molecule has 1 heterocycles. The van der Waals surface area contributed by atoms with E-state index in [1.54, 1.807) is 6.07 Å². The SMILES string of the molecule is COc1c(F)cccc1[C@@H](CC#N)N1CCNCC1.Cl.Cl. The lowest BCUT2D eigenvalue weighted by atomic mass is 10.0. The fraction of sp³-hybridized carbons (Fsp3) is 0.500. The van der Waals surface area contributed by atoms with E-state index in [0.29, 0.717) is 6.42 Å². The van der Waals surface area contributed by atoms with Crippen molar-refractivity contribution in [3.63, 3.8) is 0 Å². The van der Waals surface area contributed by atoms with Gasteiger partial charge in [0.2, 0.25) is 0 Å². The zero-order valence-corrected chi connectivity index (χ0v) is 13.5. The van der Waals surface area contributed by atoms with Gasteiger partial charge in [0.25, 0.3) is 0 Å². The third kappa shape index (κ3) is 4.72. The van der Waals surface area contributed by atoms with Crippen LogP contribution in [-0.4, -0.2) is 38.2 Å². The molecule has 0 amide bonds. The van der Waals surface area contributed by atoms with Gasteiger partial charge >= 0.3 is 0 Å². The van der Waals surface area contributed by atoms with Crippen molar-refractivity contribution in [1.82, 2.24) is 10.2 Å². The predicted molar refractivity (Wildman–Crippen MR) is 84.9 cm³/mol. The Morgan fingerprint density at radius 2 is 2.05 bits per heavy atom. The van der Waals surface area contributed by atoms with Crippen LogP contribution in [0.5, 0.6) is 5.75 Å². The third-order valence-electron chi connectivity index (χ3n) is 3.44. The molecule has 0 aromatic heterocycles. The van der Waals surface area contributed by atoms with Gasteiger partial charge < -0.3 is 10.1 Å². The van der Waals surface area contributed by atoms with E-state index >= 15 is 0 Å². The van der Waals surface area contributed by atoms with E-state index in [9.17, 15) is 4.39 Å². The Morgan fingerprint density at radius 1 is 1.38 bits per heavy atom. The molecule has 118 valence electrons. The number of nitriles is 1. The molecule has 1 atom stereocenters. The molecule has 0 spiro atoms. The molecular formula is C14H20Cl2FN3O. The summed E-state index contributed by atoms with van der Waals surface area (Å²) < 4.78 is 18.9. The summed E-state index contributed by atoms with van der Waals surface area (Å²) in [6.45, 7) is 3.48. The maximum absolute atomic E-state index is 13.8. The summed E-state index contributed by atoms with van der Waals surface area (Å²) in [5, 5.41) is 12.3. The minimum absolute atomic E-state index is 0. The smallest absolute Gasteiger partial charge is 0.165 e. The number of nitrogens with one attached hydrogen (secondary N) is 1. The van der Waals surface area contributed by atoms with Gasteiger partial charge in [0.1, 0.15) is 0 Å². The quantitative estimate of drug-likeness (QED) is 0.918. The standard InChI is InChI=1S/C14H18FN3O.2ClH/c1-19-14-11(3-2-4-12(14)15)13(5-6-16)18-9-7-17-8-10-18;;/h2-4,13,17H,5,7-10H2,1H3;2*1H/t13-;;/m1../s1. The van der Waals surface area contributed by atoms with Gasteiger partial charge in [-0.1, -0.05) is 12.1 Å². The van der Waals surface area contributed by atoms with Crippen LogP contribution >= 0.6 is 24.8 Å². The fourth-order valence-corrected chi connectivity index (χ4v) is 2.52. The molecule has 0 unspecified atom stereocenters. The Bertz CT molecular complexity index is 476. The second-order valence-corrected chi connectivity index (χ2v) is 4.53. The number of para-hydroxylation sites is 1. The van der Waals surface area contributed by atoms with Gasteiger partial charge in [-0.15, -0.1) is 24.8 Å². The van der Waals surface area contributed by atoms with E-state index in [4.69, 9.17) is 10.00 Å². The van der Waals surface area contributed by atoms with Gasteiger partial charge in [-0.05, 0) is 6.07 Å². The number of benzene rings is 1. The zero-order chi connectivity index (χ0) is 13.7. The van der Waals surface area contributed by atoms with Crippen LogP contribution in [0.25, 0.3) is 0 Å². The molecule has 1 N–H and O–H groups in total. The number of piperazine rings is 1. The second-order valence-electron chi connectivity index (χ2n) is 4.53. The molecule has 1 saturated heterocycles. The van der Waals surface area contributed by atoms with Crippen molar-refractivity contribution in [2.75, 3.05) is 33.3 Å². The zero-order valence-electron chi connectivity index (χ0n) is 11.8. The van der Waals surface area contributed by atoms with E-state index in [2.05, 4.69) is 16.3 Å². The molecule has 7 heteroatoms. The summed E-state index contributed by atoms with van der Waals surface area (Å²) in [5.74, 6) is -0.126. The number of rotatable bonds is 4. The number of hydrogen-bond acceptors (Lipinski definition) is 4. The molecule has 4 nitrogen and oxygen atoms in total. The second kappa shape index (κ2) is 9.80. The van der Waals surface area contributed by atoms with Crippen molar-refractivity contribution in [3.05, 3.63) is 29.6 Å². The third-order valence-corrected chi connectivity index (χ3v) is 3.44. The van der Waals surface area contributed by atoms with Crippen molar-refractivity contribution in [3.8, 4) is 11.8 Å². The van der Waals surface area contributed by atoms with Crippen LogP contribution in [0.4, 0.5) is 4.39 Å². The Kier molecular flexibility index (Phi) is 9.31. The Hall–Kier alpha value is -1.06. The normalized spacial score (nSPS) is 16.0. The van der Waals surface area contributed by atoms with Crippen LogP contribution in [0.15, 0.2) is 18.2 Å². The first kappa shape index (κ1) is 19.9. The van der Waals surface area contributed by atoms with Crippen LogP contribution in [-0.2, 0) is 0 Å². The predicted octanol–water partition coefficient (Wildman–Crippen LogP) is 2.54. The summed E-state index contributed by atoms with van der Waals surface area (Å²) >= 11 is 0. The Balaban J connectivity index is 0.00000200. The lowest BCUT2D eigenvalue weighted by Gasteiger charge is -2.34. The summed E-state index contributed by atoms with van der Waals surface area (Å²) in [4.78, 5) is 2.21. The number of hydrogen-bond donors (Lipinski definition) is 1. The molecule has 0 aliphatic carbocycles. The van der Waals surface area contributed by atoms with E-state index in [0.717, 1.165) is 31.7 Å². The first-order valence-corrected chi connectivity index (χ1v) is 6.42. The highest BCUT2D eigenvalue weighted by molar-refractivity contribution is 5.85. The van der Waals surface area contributed by atoms with E-state index in [1.165, 1.54) is 13.2 Å². The highest BCUT2D eigenvalue weighted by Crippen LogP contribution is 2.33. The Labute approximate surface area is 137 Å². The molecule has 1 aromatic carbocycles. The summed E-state index contributed by atoms with van der Waals surface area (Å²) in [6.07, 6.45) is 0.333. The average molecular weight is 336 g/mol. The minimum Gasteiger partial charge on any atom is -0.493 e. The lowest BCUT2D eigenvalue weighted by molar-refractivity contribution is 0.172. The maximum atomic E-state index is 13.8. The molecule has 0 saturated carbocycles. The number of ether oxygens (including phenoxy) is 1. The average Bonchev–Trinajstić information content (AvgIpc) is 2.45. The molecule has 1 aliphatic rings. The first-order valence-electron chi connectivity index (χ1n) is 6.42. The summed E-state index contributed by atoms with van der Waals surface area (Å²) in [7, 11) is 1.46. The van der Waals surface area contributed by atoms with Crippen LogP contribution in [0, 0.1) is 17.1 Å². The van der Waals surface area contributed by atoms with Crippen molar-refractivity contribution in [1.29, 1.82) is 5.26 Å². The lowest BCUT2D eigenvalue weighted by Crippen LogP contribution is -2.45. The molecule has 1 aliphatic heterocycles. The van der Waals surface area contributed by atoms with Gasteiger partial charge in [-0.25, -0.2) is 4.39 Å². The van der Waals surface area contributed by atoms with Crippen LogP contribution in [0.3, 0.4) is 0 Å². The molecule has 2 rings (SSSR count). The van der Waals surface area contributed by atoms with E-state index in [1.807, 2.05) is 6.07 Å². The highest BCUT2D eigenvalue weighted by atomic mass is 35.5. The van der Waals surface area contributed by atoms with Gasteiger partial charge in [0.05, 0.1) is 25.6 Å². The molecule has 0 bridgehead atoms. The first-order chi connectivity index (χ1) is 9.27.